The average Bonchev–Trinajstić information content (AvgIpc) is 2.56. The molecule has 1 N–H and O–H groups in total. The normalized spacial score (nSPS) is 15.4. The predicted molar refractivity (Wildman–Crippen MR) is 101 cm³/mol. The lowest BCUT2D eigenvalue weighted by atomic mass is 9.99. The van der Waals surface area contributed by atoms with Crippen molar-refractivity contribution in [3.05, 3.63) is 58.6 Å². The van der Waals surface area contributed by atoms with E-state index in [9.17, 15) is 4.79 Å². The monoisotopic (exact) mass is 342 g/mol. The van der Waals surface area contributed by atoms with Gasteiger partial charge in [-0.2, -0.15) is 0 Å². The van der Waals surface area contributed by atoms with Gasteiger partial charge in [-0.1, -0.05) is 24.6 Å². The number of piperidine rings is 1. The van der Waals surface area contributed by atoms with E-state index in [1.54, 1.807) is 12.1 Å². The highest BCUT2D eigenvalue weighted by molar-refractivity contribution is 6.34. The summed E-state index contributed by atoms with van der Waals surface area (Å²) < 4.78 is 0. The summed E-state index contributed by atoms with van der Waals surface area (Å²) in [6, 6.07) is 13.5. The van der Waals surface area contributed by atoms with Gasteiger partial charge < -0.3 is 10.2 Å². The minimum Gasteiger partial charge on any atom is -0.372 e. The topological polar surface area (TPSA) is 32.3 Å². The van der Waals surface area contributed by atoms with E-state index in [0.717, 1.165) is 30.3 Å². The van der Waals surface area contributed by atoms with Gasteiger partial charge in [0, 0.05) is 24.5 Å². The van der Waals surface area contributed by atoms with E-state index >= 15 is 0 Å². The SMILES string of the molecule is Cc1ccc(C(=O)Nc2ccc(N3CCC(C)CC3)cc2)c(Cl)c1. The van der Waals surface area contributed by atoms with Gasteiger partial charge in [-0.3, -0.25) is 4.79 Å². The number of rotatable bonds is 3. The van der Waals surface area contributed by atoms with Gasteiger partial charge in [0.2, 0.25) is 0 Å². The van der Waals surface area contributed by atoms with Crippen LogP contribution in [-0.4, -0.2) is 19.0 Å². The van der Waals surface area contributed by atoms with E-state index in [1.807, 2.05) is 25.1 Å². The number of anilines is 2. The minimum atomic E-state index is -0.181. The molecule has 3 nitrogen and oxygen atoms in total. The van der Waals surface area contributed by atoms with E-state index in [0.29, 0.717) is 10.6 Å². The molecule has 2 aromatic rings. The second-order valence-corrected chi connectivity index (χ2v) is 7.06. The summed E-state index contributed by atoms with van der Waals surface area (Å²) in [5.74, 6) is 0.638. The zero-order chi connectivity index (χ0) is 17.1. The first-order chi connectivity index (χ1) is 11.5. The number of carbonyl (C=O) groups excluding carboxylic acids is 1. The Morgan fingerprint density at radius 3 is 2.42 bits per heavy atom. The molecular formula is C20H23ClN2O. The van der Waals surface area contributed by atoms with Crippen LogP contribution in [0.1, 0.15) is 35.7 Å². The highest BCUT2D eigenvalue weighted by Gasteiger charge is 2.16. The van der Waals surface area contributed by atoms with Gasteiger partial charge in [0.15, 0.2) is 0 Å². The van der Waals surface area contributed by atoms with Crippen LogP contribution in [0.5, 0.6) is 0 Å². The van der Waals surface area contributed by atoms with Crippen LogP contribution in [0.3, 0.4) is 0 Å². The Balaban J connectivity index is 1.66. The molecule has 24 heavy (non-hydrogen) atoms. The molecule has 0 atom stereocenters. The van der Waals surface area contributed by atoms with Crippen molar-refractivity contribution < 1.29 is 4.79 Å². The van der Waals surface area contributed by atoms with Crippen LogP contribution in [0.4, 0.5) is 11.4 Å². The largest absolute Gasteiger partial charge is 0.372 e. The van der Waals surface area contributed by atoms with Gasteiger partial charge in [0.1, 0.15) is 0 Å². The van der Waals surface area contributed by atoms with Gasteiger partial charge in [0.25, 0.3) is 5.91 Å². The van der Waals surface area contributed by atoms with E-state index < -0.39 is 0 Å². The molecule has 1 aliphatic rings. The van der Waals surface area contributed by atoms with E-state index in [1.165, 1.54) is 18.5 Å². The van der Waals surface area contributed by atoms with Gasteiger partial charge >= 0.3 is 0 Å². The number of nitrogens with zero attached hydrogens (tertiary/aromatic N) is 1. The van der Waals surface area contributed by atoms with Gasteiger partial charge in [-0.15, -0.1) is 0 Å². The highest BCUT2D eigenvalue weighted by atomic mass is 35.5. The molecule has 1 saturated heterocycles. The Kier molecular flexibility index (Phi) is 5.10. The fourth-order valence-electron chi connectivity index (χ4n) is 3.03. The standard InChI is InChI=1S/C20H23ClN2O/c1-14-9-11-23(12-10-14)17-6-4-16(5-7-17)22-20(24)18-8-3-15(2)13-19(18)21/h3-8,13-14H,9-12H2,1-2H3,(H,22,24). The van der Waals surface area contributed by atoms with Gasteiger partial charge in [0.05, 0.1) is 10.6 Å². The second kappa shape index (κ2) is 7.27. The third-order valence-electron chi connectivity index (χ3n) is 4.64. The summed E-state index contributed by atoms with van der Waals surface area (Å²) in [5, 5.41) is 3.39. The summed E-state index contributed by atoms with van der Waals surface area (Å²) in [5.41, 5.74) is 3.53. The molecule has 0 unspecified atom stereocenters. The smallest absolute Gasteiger partial charge is 0.257 e. The summed E-state index contributed by atoms with van der Waals surface area (Å²) in [6.45, 7) is 6.47. The number of nitrogens with one attached hydrogen (secondary N) is 1. The summed E-state index contributed by atoms with van der Waals surface area (Å²) in [4.78, 5) is 14.8. The maximum Gasteiger partial charge on any atom is 0.257 e. The lowest BCUT2D eigenvalue weighted by molar-refractivity contribution is 0.102. The van der Waals surface area contributed by atoms with Crippen molar-refractivity contribution in [1.29, 1.82) is 0 Å². The van der Waals surface area contributed by atoms with E-state index in [2.05, 4.69) is 29.3 Å². The van der Waals surface area contributed by atoms with Crippen molar-refractivity contribution in [3.8, 4) is 0 Å². The van der Waals surface area contributed by atoms with Crippen molar-refractivity contribution in [3.63, 3.8) is 0 Å². The third kappa shape index (κ3) is 3.90. The van der Waals surface area contributed by atoms with Gasteiger partial charge in [-0.25, -0.2) is 0 Å². The molecule has 0 bridgehead atoms. The Bertz CT molecular complexity index is 719. The summed E-state index contributed by atoms with van der Waals surface area (Å²) >= 11 is 6.16. The van der Waals surface area contributed by atoms with Crippen molar-refractivity contribution in [2.45, 2.75) is 26.7 Å². The van der Waals surface area contributed by atoms with Crippen LogP contribution in [-0.2, 0) is 0 Å². The fourth-order valence-corrected chi connectivity index (χ4v) is 3.35. The Morgan fingerprint density at radius 2 is 1.79 bits per heavy atom. The predicted octanol–water partition coefficient (Wildman–Crippen LogP) is 5.14. The lowest BCUT2D eigenvalue weighted by Gasteiger charge is -2.32. The zero-order valence-electron chi connectivity index (χ0n) is 14.2. The molecule has 2 aromatic carbocycles. The summed E-state index contributed by atoms with van der Waals surface area (Å²) in [7, 11) is 0. The van der Waals surface area contributed by atoms with Crippen LogP contribution >= 0.6 is 11.6 Å². The van der Waals surface area contributed by atoms with E-state index in [-0.39, 0.29) is 5.91 Å². The highest BCUT2D eigenvalue weighted by Crippen LogP contribution is 2.25. The molecule has 0 aliphatic carbocycles. The number of aryl methyl sites for hydroxylation is 1. The zero-order valence-corrected chi connectivity index (χ0v) is 14.9. The van der Waals surface area contributed by atoms with Crippen LogP contribution in [0.15, 0.2) is 42.5 Å². The maximum atomic E-state index is 12.4. The molecular weight excluding hydrogens is 320 g/mol. The van der Waals surface area contributed by atoms with Crippen molar-refractivity contribution >= 4 is 28.9 Å². The number of benzene rings is 2. The minimum absolute atomic E-state index is 0.181. The quantitative estimate of drug-likeness (QED) is 0.837. The number of hydrogen-bond donors (Lipinski definition) is 1. The van der Waals surface area contributed by atoms with Crippen LogP contribution in [0.25, 0.3) is 0 Å². The molecule has 0 radical (unpaired) electrons. The first-order valence-corrected chi connectivity index (χ1v) is 8.83. The molecule has 1 heterocycles. The molecule has 0 saturated carbocycles. The lowest BCUT2D eigenvalue weighted by Crippen LogP contribution is -2.32. The van der Waals surface area contributed by atoms with Gasteiger partial charge in [-0.05, 0) is 67.6 Å². The van der Waals surface area contributed by atoms with Crippen molar-refractivity contribution in [2.24, 2.45) is 5.92 Å². The third-order valence-corrected chi connectivity index (χ3v) is 4.96. The molecule has 1 aliphatic heterocycles. The molecule has 1 amide bonds. The Hall–Kier alpha value is -2.00. The Labute approximate surface area is 148 Å². The van der Waals surface area contributed by atoms with Crippen LogP contribution < -0.4 is 10.2 Å². The van der Waals surface area contributed by atoms with Crippen molar-refractivity contribution in [1.82, 2.24) is 0 Å². The number of amides is 1. The fraction of sp³-hybridized carbons (Fsp3) is 0.350. The average molecular weight is 343 g/mol. The Morgan fingerprint density at radius 1 is 1.12 bits per heavy atom. The molecule has 0 spiro atoms. The van der Waals surface area contributed by atoms with Crippen LogP contribution in [0.2, 0.25) is 5.02 Å². The first kappa shape index (κ1) is 16.8. The molecule has 1 fully saturated rings. The number of carbonyl (C=O) groups is 1. The van der Waals surface area contributed by atoms with Crippen LogP contribution in [0, 0.1) is 12.8 Å². The van der Waals surface area contributed by atoms with E-state index in [4.69, 9.17) is 11.6 Å². The molecule has 4 heteroatoms. The van der Waals surface area contributed by atoms with Crippen molar-refractivity contribution in [2.75, 3.05) is 23.3 Å². The second-order valence-electron chi connectivity index (χ2n) is 6.65. The molecule has 0 aromatic heterocycles. The first-order valence-electron chi connectivity index (χ1n) is 8.45. The molecule has 126 valence electrons. The summed E-state index contributed by atoms with van der Waals surface area (Å²) in [6.07, 6.45) is 2.48. The number of halogens is 1. The number of hydrogen-bond acceptors (Lipinski definition) is 2. The molecule has 3 rings (SSSR count). The maximum absolute atomic E-state index is 12.4.